The Hall–Kier alpha value is -1.55. The fourth-order valence-electron chi connectivity index (χ4n) is 1.76. The van der Waals surface area contributed by atoms with E-state index < -0.39 is 0 Å². The van der Waals surface area contributed by atoms with Gasteiger partial charge >= 0.3 is 0 Å². The molecule has 2 rings (SSSR count). The van der Waals surface area contributed by atoms with Crippen LogP contribution >= 0.6 is 11.8 Å². The van der Waals surface area contributed by atoms with Crippen molar-refractivity contribution >= 4 is 17.5 Å². The van der Waals surface area contributed by atoms with E-state index in [1.165, 1.54) is 17.3 Å². The van der Waals surface area contributed by atoms with Crippen LogP contribution in [-0.2, 0) is 7.05 Å². The van der Waals surface area contributed by atoms with Crippen LogP contribution in [0.15, 0.2) is 41.8 Å². The summed E-state index contributed by atoms with van der Waals surface area (Å²) in [7, 11) is 1.93. The molecule has 0 aliphatic rings. The standard InChI is InChI=1S/C15H18N2OS/c1-11(2)12-4-6-13(7-5-12)14(18)10-19-15-16-8-9-17(15)3/h4-9,11H,10H2,1-3H3. The highest BCUT2D eigenvalue weighted by Gasteiger charge is 2.09. The second-order valence-corrected chi connectivity index (χ2v) is 5.75. The van der Waals surface area contributed by atoms with Gasteiger partial charge in [-0.05, 0) is 11.5 Å². The Bertz CT molecular complexity index is 558. The number of carbonyl (C=O) groups is 1. The number of carbonyl (C=O) groups excluding carboxylic acids is 1. The minimum absolute atomic E-state index is 0.142. The Morgan fingerprint density at radius 1 is 1.32 bits per heavy atom. The molecule has 0 amide bonds. The Labute approximate surface area is 118 Å². The predicted molar refractivity (Wildman–Crippen MR) is 78.8 cm³/mol. The third kappa shape index (κ3) is 3.47. The molecule has 1 heterocycles. The number of Topliss-reactive ketones (excluding diaryl/α,β-unsaturated/α-hetero) is 1. The lowest BCUT2D eigenvalue weighted by molar-refractivity contribution is 0.102. The number of benzene rings is 1. The molecule has 0 bridgehead atoms. The van der Waals surface area contributed by atoms with Gasteiger partial charge in [0.1, 0.15) is 0 Å². The zero-order chi connectivity index (χ0) is 13.8. The molecule has 0 saturated carbocycles. The SMILES string of the molecule is CC(C)c1ccc(C(=O)CSc2nccn2C)cc1. The number of aryl methyl sites for hydroxylation is 1. The molecule has 0 aliphatic carbocycles. The Morgan fingerprint density at radius 2 is 2.00 bits per heavy atom. The molecule has 3 nitrogen and oxygen atoms in total. The van der Waals surface area contributed by atoms with Gasteiger partial charge in [-0.25, -0.2) is 4.98 Å². The largest absolute Gasteiger partial charge is 0.329 e. The first kappa shape index (κ1) is 13.9. The highest BCUT2D eigenvalue weighted by atomic mass is 32.2. The van der Waals surface area contributed by atoms with Crippen LogP contribution in [-0.4, -0.2) is 21.1 Å². The molecule has 2 aromatic rings. The zero-order valence-electron chi connectivity index (χ0n) is 11.5. The van der Waals surface area contributed by atoms with Gasteiger partial charge in [-0.1, -0.05) is 49.9 Å². The number of hydrogen-bond donors (Lipinski definition) is 0. The van der Waals surface area contributed by atoms with Crippen LogP contribution in [0.3, 0.4) is 0 Å². The van der Waals surface area contributed by atoms with E-state index in [0.29, 0.717) is 11.7 Å². The predicted octanol–water partition coefficient (Wildman–Crippen LogP) is 3.52. The topological polar surface area (TPSA) is 34.9 Å². The lowest BCUT2D eigenvalue weighted by Gasteiger charge is -2.06. The third-order valence-corrected chi connectivity index (χ3v) is 4.07. The molecule has 1 aromatic carbocycles. The molecule has 19 heavy (non-hydrogen) atoms. The number of hydrogen-bond acceptors (Lipinski definition) is 3. The summed E-state index contributed by atoms with van der Waals surface area (Å²) in [5, 5.41) is 0.868. The van der Waals surface area contributed by atoms with Crippen molar-refractivity contribution in [1.29, 1.82) is 0 Å². The normalized spacial score (nSPS) is 10.9. The van der Waals surface area contributed by atoms with E-state index in [1.807, 2.05) is 42.1 Å². The molecular formula is C15H18N2OS. The van der Waals surface area contributed by atoms with Gasteiger partial charge in [0.25, 0.3) is 0 Å². The van der Waals surface area contributed by atoms with Crippen LogP contribution in [0.5, 0.6) is 0 Å². The summed E-state index contributed by atoms with van der Waals surface area (Å²) in [6.07, 6.45) is 3.62. The second kappa shape index (κ2) is 6.06. The average molecular weight is 274 g/mol. The number of thioether (sulfide) groups is 1. The van der Waals surface area contributed by atoms with E-state index in [-0.39, 0.29) is 5.78 Å². The molecule has 0 atom stereocenters. The van der Waals surface area contributed by atoms with Crippen molar-refractivity contribution in [3.63, 3.8) is 0 Å². The number of imidazole rings is 1. The van der Waals surface area contributed by atoms with Crippen LogP contribution in [0.4, 0.5) is 0 Å². The Morgan fingerprint density at radius 3 is 2.53 bits per heavy atom. The van der Waals surface area contributed by atoms with Gasteiger partial charge in [0.05, 0.1) is 5.75 Å². The summed E-state index contributed by atoms with van der Waals surface area (Å²) < 4.78 is 1.92. The number of nitrogens with zero attached hydrogens (tertiary/aromatic N) is 2. The van der Waals surface area contributed by atoms with E-state index in [1.54, 1.807) is 6.20 Å². The van der Waals surface area contributed by atoms with Crippen molar-refractivity contribution in [1.82, 2.24) is 9.55 Å². The molecule has 0 spiro atoms. The first-order chi connectivity index (χ1) is 9.08. The number of ketones is 1. The smallest absolute Gasteiger partial charge is 0.173 e. The summed E-state index contributed by atoms with van der Waals surface area (Å²) in [6.45, 7) is 4.29. The maximum absolute atomic E-state index is 12.1. The van der Waals surface area contributed by atoms with Crippen molar-refractivity contribution in [2.24, 2.45) is 7.05 Å². The van der Waals surface area contributed by atoms with Crippen molar-refractivity contribution in [3.05, 3.63) is 47.8 Å². The Balaban J connectivity index is 1.98. The van der Waals surface area contributed by atoms with Crippen LogP contribution < -0.4 is 0 Å². The minimum Gasteiger partial charge on any atom is -0.329 e. The number of rotatable bonds is 5. The fraction of sp³-hybridized carbons (Fsp3) is 0.333. The summed E-state index contributed by atoms with van der Waals surface area (Å²) in [6, 6.07) is 7.89. The first-order valence-electron chi connectivity index (χ1n) is 6.31. The van der Waals surface area contributed by atoms with Gasteiger partial charge in [0.15, 0.2) is 10.9 Å². The van der Waals surface area contributed by atoms with Crippen molar-refractivity contribution in [3.8, 4) is 0 Å². The maximum atomic E-state index is 12.1. The zero-order valence-corrected chi connectivity index (χ0v) is 12.3. The van der Waals surface area contributed by atoms with E-state index in [9.17, 15) is 4.79 Å². The van der Waals surface area contributed by atoms with Gasteiger partial charge in [-0.2, -0.15) is 0 Å². The van der Waals surface area contributed by atoms with Gasteiger partial charge in [-0.3, -0.25) is 4.79 Å². The molecule has 0 N–H and O–H groups in total. The monoisotopic (exact) mass is 274 g/mol. The highest BCUT2D eigenvalue weighted by Crippen LogP contribution is 2.18. The fourth-order valence-corrected chi connectivity index (χ4v) is 2.59. The maximum Gasteiger partial charge on any atom is 0.173 e. The van der Waals surface area contributed by atoms with Crippen molar-refractivity contribution in [2.75, 3.05) is 5.75 Å². The summed E-state index contributed by atoms with van der Waals surface area (Å²) in [5.41, 5.74) is 2.03. The lowest BCUT2D eigenvalue weighted by Crippen LogP contribution is -2.04. The van der Waals surface area contributed by atoms with E-state index >= 15 is 0 Å². The molecule has 0 aliphatic heterocycles. The summed E-state index contributed by atoms with van der Waals surface area (Å²) >= 11 is 1.47. The van der Waals surface area contributed by atoms with Crippen LogP contribution in [0.25, 0.3) is 0 Å². The molecule has 0 radical (unpaired) electrons. The van der Waals surface area contributed by atoms with Gasteiger partial charge < -0.3 is 4.57 Å². The molecule has 0 saturated heterocycles. The van der Waals surface area contributed by atoms with Gasteiger partial charge in [-0.15, -0.1) is 0 Å². The molecule has 0 fully saturated rings. The third-order valence-electron chi connectivity index (χ3n) is 3.01. The van der Waals surface area contributed by atoms with Crippen molar-refractivity contribution in [2.45, 2.75) is 24.9 Å². The average Bonchev–Trinajstić information content (AvgIpc) is 2.81. The van der Waals surface area contributed by atoms with Gasteiger partial charge in [0.2, 0.25) is 0 Å². The molecule has 100 valence electrons. The molecular weight excluding hydrogens is 256 g/mol. The van der Waals surface area contributed by atoms with Crippen molar-refractivity contribution < 1.29 is 4.79 Å². The Kier molecular flexibility index (Phi) is 4.43. The highest BCUT2D eigenvalue weighted by molar-refractivity contribution is 7.99. The molecule has 1 aromatic heterocycles. The first-order valence-corrected chi connectivity index (χ1v) is 7.29. The molecule has 4 heteroatoms. The second-order valence-electron chi connectivity index (χ2n) is 4.81. The van der Waals surface area contributed by atoms with E-state index in [2.05, 4.69) is 18.8 Å². The number of aromatic nitrogens is 2. The minimum atomic E-state index is 0.142. The van der Waals surface area contributed by atoms with Crippen LogP contribution in [0.1, 0.15) is 35.7 Å². The van der Waals surface area contributed by atoms with Crippen LogP contribution in [0.2, 0.25) is 0 Å². The van der Waals surface area contributed by atoms with E-state index in [0.717, 1.165) is 10.7 Å². The molecule has 0 unspecified atom stereocenters. The summed E-state index contributed by atoms with van der Waals surface area (Å²) in [5.74, 6) is 1.06. The van der Waals surface area contributed by atoms with Crippen LogP contribution in [0, 0.1) is 0 Å². The van der Waals surface area contributed by atoms with E-state index in [4.69, 9.17) is 0 Å². The summed E-state index contributed by atoms with van der Waals surface area (Å²) in [4.78, 5) is 16.3. The lowest BCUT2D eigenvalue weighted by atomic mass is 10.0. The van der Waals surface area contributed by atoms with Gasteiger partial charge in [0, 0.05) is 25.0 Å². The quantitative estimate of drug-likeness (QED) is 0.618.